The molecule has 0 fully saturated rings. The van der Waals surface area contributed by atoms with Gasteiger partial charge in [0.2, 0.25) is 0 Å². The van der Waals surface area contributed by atoms with E-state index in [1.807, 2.05) is 0 Å². The minimum Gasteiger partial charge on any atom is -0.462 e. The average molecular weight is 699 g/mol. The van der Waals surface area contributed by atoms with Crippen LogP contribution in [0.25, 0.3) is 0 Å². The number of hydrogen-bond acceptors (Lipinski definition) is 5. The second-order valence-corrected chi connectivity index (χ2v) is 13.5. The predicted molar refractivity (Wildman–Crippen MR) is 214 cm³/mol. The van der Waals surface area contributed by atoms with Gasteiger partial charge >= 0.3 is 11.9 Å². The third-order valence-electron chi connectivity index (χ3n) is 8.52. The van der Waals surface area contributed by atoms with E-state index in [0.717, 1.165) is 89.9 Å². The lowest BCUT2D eigenvalue weighted by atomic mass is 10.1. The SMILES string of the molecule is CC/C=C\C/C=C\C/C=C\CCCCCCCCOCC(COC(=O)CCCCCCC/C=C\C/C=C\CCC)OC(=O)CCCCCCC. The van der Waals surface area contributed by atoms with Gasteiger partial charge in [-0.2, -0.15) is 0 Å². The van der Waals surface area contributed by atoms with Crippen molar-refractivity contribution in [3.05, 3.63) is 60.8 Å². The van der Waals surface area contributed by atoms with E-state index in [-0.39, 0.29) is 25.2 Å². The highest BCUT2D eigenvalue weighted by Crippen LogP contribution is 2.12. The van der Waals surface area contributed by atoms with Gasteiger partial charge in [0.25, 0.3) is 0 Å². The molecule has 0 aliphatic carbocycles. The molecule has 288 valence electrons. The first kappa shape index (κ1) is 47.6. The van der Waals surface area contributed by atoms with Gasteiger partial charge in [0.1, 0.15) is 6.61 Å². The number of esters is 2. The first-order valence-corrected chi connectivity index (χ1v) is 20.8. The van der Waals surface area contributed by atoms with Crippen LogP contribution in [-0.4, -0.2) is 37.9 Å². The summed E-state index contributed by atoms with van der Waals surface area (Å²) in [6, 6.07) is 0. The molecule has 5 heteroatoms. The van der Waals surface area contributed by atoms with E-state index in [0.29, 0.717) is 19.4 Å². The van der Waals surface area contributed by atoms with E-state index >= 15 is 0 Å². The molecule has 0 amide bonds. The average Bonchev–Trinajstić information content (AvgIpc) is 3.11. The molecule has 0 saturated carbocycles. The molecule has 1 atom stereocenters. The molecule has 0 bridgehead atoms. The number of carbonyl (C=O) groups excluding carboxylic acids is 2. The molecule has 0 N–H and O–H groups in total. The summed E-state index contributed by atoms with van der Waals surface area (Å²) in [5, 5.41) is 0. The summed E-state index contributed by atoms with van der Waals surface area (Å²) in [5.41, 5.74) is 0. The lowest BCUT2D eigenvalue weighted by Crippen LogP contribution is -2.30. The molecule has 0 spiro atoms. The van der Waals surface area contributed by atoms with E-state index in [1.54, 1.807) is 0 Å². The minimum atomic E-state index is -0.543. The summed E-state index contributed by atoms with van der Waals surface area (Å²) in [4.78, 5) is 24.9. The number of rotatable bonds is 37. The number of allylic oxidation sites excluding steroid dienone is 10. The van der Waals surface area contributed by atoms with Gasteiger partial charge in [-0.1, -0.05) is 159 Å². The molecule has 0 rings (SSSR count). The Morgan fingerprint density at radius 1 is 0.460 bits per heavy atom. The van der Waals surface area contributed by atoms with E-state index < -0.39 is 6.10 Å². The highest BCUT2D eigenvalue weighted by atomic mass is 16.6. The Kier molecular flexibility index (Phi) is 39.1. The van der Waals surface area contributed by atoms with Gasteiger partial charge in [-0.25, -0.2) is 0 Å². The van der Waals surface area contributed by atoms with Gasteiger partial charge < -0.3 is 14.2 Å². The highest BCUT2D eigenvalue weighted by Gasteiger charge is 2.17. The predicted octanol–water partition coefficient (Wildman–Crippen LogP) is 13.4. The Hall–Kier alpha value is -2.40. The largest absolute Gasteiger partial charge is 0.462 e. The molecule has 0 saturated heterocycles. The standard InChI is InChI=1S/C45H78O5/c1-4-7-10-13-15-17-19-21-22-23-25-27-29-31-34-37-40-48-41-43(50-45(47)39-36-32-12-9-6-3)42-49-44(46)38-35-33-30-28-26-24-20-18-16-14-11-8-5-2/h7,10-11,14-15,17-18,20-22,43H,4-6,8-9,12-13,16,19,23-42H2,1-3H3/b10-7-,14-11-,17-15-,20-18-,22-21-. The van der Waals surface area contributed by atoms with Crippen LogP contribution in [0.3, 0.4) is 0 Å². The Morgan fingerprint density at radius 3 is 1.52 bits per heavy atom. The van der Waals surface area contributed by atoms with E-state index in [4.69, 9.17) is 14.2 Å². The molecule has 50 heavy (non-hydrogen) atoms. The second kappa shape index (κ2) is 41.0. The zero-order chi connectivity index (χ0) is 36.4. The summed E-state index contributed by atoms with van der Waals surface area (Å²) >= 11 is 0. The molecule has 0 aliphatic rings. The summed E-state index contributed by atoms with van der Waals surface area (Å²) < 4.78 is 17.1. The van der Waals surface area contributed by atoms with Crippen LogP contribution in [0.2, 0.25) is 0 Å². The molecule has 5 nitrogen and oxygen atoms in total. The smallest absolute Gasteiger partial charge is 0.306 e. The van der Waals surface area contributed by atoms with Crippen LogP contribution in [0.4, 0.5) is 0 Å². The second-order valence-electron chi connectivity index (χ2n) is 13.5. The molecule has 0 aliphatic heterocycles. The number of unbranched alkanes of at least 4 members (excludes halogenated alkanes) is 16. The topological polar surface area (TPSA) is 61.8 Å². The van der Waals surface area contributed by atoms with Crippen molar-refractivity contribution in [2.24, 2.45) is 0 Å². The Balaban J connectivity index is 4.13. The molecule has 0 aromatic heterocycles. The van der Waals surface area contributed by atoms with Crippen LogP contribution in [0.15, 0.2) is 60.8 Å². The van der Waals surface area contributed by atoms with Crippen molar-refractivity contribution < 1.29 is 23.8 Å². The number of ether oxygens (including phenoxy) is 3. The monoisotopic (exact) mass is 699 g/mol. The van der Waals surface area contributed by atoms with Crippen LogP contribution in [0, 0.1) is 0 Å². The van der Waals surface area contributed by atoms with Crippen molar-refractivity contribution in [1.82, 2.24) is 0 Å². The lowest BCUT2D eigenvalue weighted by molar-refractivity contribution is -0.163. The quantitative estimate of drug-likeness (QED) is 0.0367. The van der Waals surface area contributed by atoms with Crippen molar-refractivity contribution in [2.75, 3.05) is 19.8 Å². The molecular formula is C45H78O5. The third-order valence-corrected chi connectivity index (χ3v) is 8.52. The Bertz CT molecular complexity index is 884. The summed E-state index contributed by atoms with van der Waals surface area (Å²) in [5.74, 6) is -0.437. The Morgan fingerprint density at radius 2 is 0.940 bits per heavy atom. The van der Waals surface area contributed by atoms with Gasteiger partial charge in [-0.15, -0.1) is 0 Å². The van der Waals surface area contributed by atoms with Gasteiger partial charge in [-0.3, -0.25) is 9.59 Å². The zero-order valence-electron chi connectivity index (χ0n) is 32.9. The molecule has 0 heterocycles. The normalized spacial score (nSPS) is 12.8. The maximum absolute atomic E-state index is 12.5. The summed E-state index contributed by atoms with van der Waals surface area (Å²) in [7, 11) is 0. The molecular weight excluding hydrogens is 620 g/mol. The van der Waals surface area contributed by atoms with Crippen LogP contribution >= 0.6 is 0 Å². The number of carbonyl (C=O) groups is 2. The van der Waals surface area contributed by atoms with Gasteiger partial charge in [0.15, 0.2) is 6.10 Å². The van der Waals surface area contributed by atoms with Crippen LogP contribution in [-0.2, 0) is 23.8 Å². The van der Waals surface area contributed by atoms with Gasteiger partial charge in [0.05, 0.1) is 6.61 Å². The van der Waals surface area contributed by atoms with Crippen molar-refractivity contribution >= 4 is 11.9 Å². The highest BCUT2D eigenvalue weighted by molar-refractivity contribution is 5.70. The third kappa shape index (κ3) is 38.4. The van der Waals surface area contributed by atoms with E-state index in [2.05, 4.69) is 81.5 Å². The zero-order valence-corrected chi connectivity index (χ0v) is 32.9. The Labute approximate surface area is 309 Å². The molecule has 0 aromatic rings. The molecule has 1 unspecified atom stereocenters. The summed E-state index contributed by atoms with van der Waals surface area (Å²) in [6.07, 6.45) is 49.5. The molecule has 0 aromatic carbocycles. The fraction of sp³-hybridized carbons (Fsp3) is 0.733. The van der Waals surface area contributed by atoms with Crippen molar-refractivity contribution in [3.63, 3.8) is 0 Å². The van der Waals surface area contributed by atoms with Gasteiger partial charge in [0, 0.05) is 19.4 Å². The van der Waals surface area contributed by atoms with Crippen LogP contribution < -0.4 is 0 Å². The van der Waals surface area contributed by atoms with Crippen LogP contribution in [0.1, 0.15) is 188 Å². The number of hydrogen-bond donors (Lipinski definition) is 0. The fourth-order valence-electron chi connectivity index (χ4n) is 5.44. The van der Waals surface area contributed by atoms with E-state index in [9.17, 15) is 9.59 Å². The lowest BCUT2D eigenvalue weighted by Gasteiger charge is -2.18. The maximum Gasteiger partial charge on any atom is 0.306 e. The van der Waals surface area contributed by atoms with Gasteiger partial charge in [-0.05, 0) is 77.0 Å². The van der Waals surface area contributed by atoms with E-state index in [1.165, 1.54) is 64.2 Å². The maximum atomic E-state index is 12.5. The minimum absolute atomic E-state index is 0.0708. The van der Waals surface area contributed by atoms with Crippen molar-refractivity contribution in [2.45, 2.75) is 194 Å². The van der Waals surface area contributed by atoms with Crippen molar-refractivity contribution in [1.29, 1.82) is 0 Å². The first-order chi connectivity index (χ1) is 24.6. The first-order valence-electron chi connectivity index (χ1n) is 20.8. The summed E-state index contributed by atoms with van der Waals surface area (Å²) in [6.45, 7) is 7.52. The molecule has 0 radical (unpaired) electrons. The fourth-order valence-corrected chi connectivity index (χ4v) is 5.44. The van der Waals surface area contributed by atoms with Crippen LogP contribution in [0.5, 0.6) is 0 Å². The van der Waals surface area contributed by atoms with Crippen molar-refractivity contribution in [3.8, 4) is 0 Å².